The Morgan fingerprint density at radius 1 is 1.29 bits per heavy atom. The van der Waals surface area contributed by atoms with E-state index in [0.717, 1.165) is 11.1 Å². The van der Waals surface area contributed by atoms with Crippen molar-refractivity contribution >= 4 is 29.4 Å². The third-order valence-corrected chi connectivity index (χ3v) is 5.98. The maximum Gasteiger partial charge on any atom is 0.254 e. The molecule has 0 saturated heterocycles. The SMILES string of the molecule is COc1cccc([C@@H](C)NC(=O)CN2Cc3ccc(-c4nc(NCCO)ncc4Cl)cc3C2=O)c1. The Kier molecular flexibility index (Phi) is 7.48. The molecular weight excluding hydrogens is 470 g/mol. The van der Waals surface area contributed by atoms with Crippen LogP contribution in [0.2, 0.25) is 5.02 Å². The van der Waals surface area contributed by atoms with E-state index in [1.807, 2.05) is 43.3 Å². The van der Waals surface area contributed by atoms with Crippen molar-refractivity contribution in [3.63, 3.8) is 0 Å². The number of methoxy groups -OCH3 is 1. The van der Waals surface area contributed by atoms with Gasteiger partial charge in [0, 0.05) is 24.2 Å². The van der Waals surface area contributed by atoms with Crippen LogP contribution in [0.3, 0.4) is 0 Å². The minimum Gasteiger partial charge on any atom is -0.497 e. The number of fused-ring (bicyclic) bond motifs is 1. The van der Waals surface area contributed by atoms with Gasteiger partial charge in [0.25, 0.3) is 5.91 Å². The van der Waals surface area contributed by atoms with Crippen molar-refractivity contribution in [1.29, 1.82) is 0 Å². The van der Waals surface area contributed by atoms with Gasteiger partial charge in [0.15, 0.2) is 0 Å². The van der Waals surface area contributed by atoms with E-state index in [4.69, 9.17) is 21.4 Å². The van der Waals surface area contributed by atoms with Crippen LogP contribution < -0.4 is 15.4 Å². The van der Waals surface area contributed by atoms with Gasteiger partial charge in [0.2, 0.25) is 11.9 Å². The number of halogens is 1. The van der Waals surface area contributed by atoms with E-state index >= 15 is 0 Å². The van der Waals surface area contributed by atoms with E-state index in [1.54, 1.807) is 13.2 Å². The summed E-state index contributed by atoms with van der Waals surface area (Å²) in [5.74, 6) is 0.563. The minimum absolute atomic E-state index is 0.0549. The molecule has 1 atom stereocenters. The average molecular weight is 496 g/mol. The topological polar surface area (TPSA) is 117 Å². The largest absolute Gasteiger partial charge is 0.497 e. The molecule has 0 radical (unpaired) electrons. The molecule has 10 heteroatoms. The predicted molar refractivity (Wildman–Crippen MR) is 132 cm³/mol. The summed E-state index contributed by atoms with van der Waals surface area (Å²) in [6.45, 7) is 2.42. The highest BCUT2D eigenvalue weighted by molar-refractivity contribution is 6.33. The standard InChI is InChI=1S/C25H26ClN5O4/c1-15(16-4-3-5-19(10-16)35-2)29-22(33)14-31-13-18-7-6-17(11-20(18)24(31)34)23-21(26)12-28-25(30-23)27-8-9-32/h3-7,10-12,15,32H,8-9,13-14H2,1-2H3,(H,29,33)(H,27,28,30)/t15-/m1/s1. The molecule has 2 aromatic carbocycles. The van der Waals surface area contributed by atoms with Gasteiger partial charge < -0.3 is 25.4 Å². The molecule has 3 aromatic rings. The first-order valence-electron chi connectivity index (χ1n) is 11.1. The number of aliphatic hydroxyl groups excluding tert-OH is 1. The molecule has 1 aliphatic rings. The first-order chi connectivity index (χ1) is 16.9. The Hall–Kier alpha value is -3.69. The third-order valence-electron chi connectivity index (χ3n) is 5.71. The lowest BCUT2D eigenvalue weighted by Gasteiger charge is -2.19. The van der Waals surface area contributed by atoms with Gasteiger partial charge in [-0.25, -0.2) is 9.97 Å². The maximum absolute atomic E-state index is 13.1. The van der Waals surface area contributed by atoms with E-state index in [-0.39, 0.29) is 31.0 Å². The number of anilines is 1. The summed E-state index contributed by atoms with van der Waals surface area (Å²) in [4.78, 5) is 35.8. The average Bonchev–Trinajstić information content (AvgIpc) is 3.17. The summed E-state index contributed by atoms with van der Waals surface area (Å²) in [6, 6.07) is 12.7. The first kappa shape index (κ1) is 24.4. The number of rotatable bonds is 9. The lowest BCUT2D eigenvalue weighted by atomic mass is 10.0. The van der Waals surface area contributed by atoms with Crippen molar-refractivity contribution in [3.05, 3.63) is 70.4 Å². The lowest BCUT2D eigenvalue weighted by Crippen LogP contribution is -2.38. The van der Waals surface area contributed by atoms with E-state index < -0.39 is 0 Å². The van der Waals surface area contributed by atoms with Gasteiger partial charge in [-0.3, -0.25) is 9.59 Å². The zero-order valence-electron chi connectivity index (χ0n) is 19.4. The van der Waals surface area contributed by atoms with Crippen LogP contribution in [-0.4, -0.2) is 58.6 Å². The molecule has 0 fully saturated rings. The molecule has 0 saturated carbocycles. The second-order valence-corrected chi connectivity index (χ2v) is 8.55. The van der Waals surface area contributed by atoms with Gasteiger partial charge in [-0.1, -0.05) is 35.9 Å². The minimum atomic E-state index is -0.250. The second-order valence-electron chi connectivity index (χ2n) is 8.14. The molecule has 0 spiro atoms. The van der Waals surface area contributed by atoms with E-state index in [0.29, 0.717) is 46.6 Å². The lowest BCUT2D eigenvalue weighted by molar-refractivity contribution is -0.122. The van der Waals surface area contributed by atoms with Crippen LogP contribution in [0, 0.1) is 0 Å². The number of benzene rings is 2. The van der Waals surface area contributed by atoms with Crippen molar-refractivity contribution in [2.24, 2.45) is 0 Å². The molecule has 3 N–H and O–H groups in total. The number of carbonyl (C=O) groups is 2. The van der Waals surface area contributed by atoms with Gasteiger partial charge in [-0.2, -0.15) is 0 Å². The first-order valence-corrected chi connectivity index (χ1v) is 11.5. The molecule has 0 aliphatic carbocycles. The van der Waals surface area contributed by atoms with Gasteiger partial charge in [0.1, 0.15) is 12.3 Å². The molecule has 1 aromatic heterocycles. The quantitative estimate of drug-likeness (QED) is 0.417. The fraction of sp³-hybridized carbons (Fsp3) is 0.280. The number of nitrogens with zero attached hydrogens (tertiary/aromatic N) is 3. The van der Waals surface area contributed by atoms with Gasteiger partial charge in [0.05, 0.1) is 36.7 Å². The van der Waals surface area contributed by atoms with Crippen LogP contribution in [0.4, 0.5) is 5.95 Å². The molecule has 2 amide bonds. The van der Waals surface area contributed by atoms with Crippen molar-refractivity contribution in [2.45, 2.75) is 19.5 Å². The number of nitrogens with one attached hydrogen (secondary N) is 2. The van der Waals surface area contributed by atoms with Gasteiger partial charge in [-0.05, 0) is 36.2 Å². The fourth-order valence-electron chi connectivity index (χ4n) is 3.91. The Morgan fingerprint density at radius 3 is 2.89 bits per heavy atom. The predicted octanol–water partition coefficient (Wildman–Crippen LogP) is 3.04. The van der Waals surface area contributed by atoms with Crippen molar-refractivity contribution < 1.29 is 19.4 Å². The molecule has 182 valence electrons. The number of carbonyl (C=O) groups excluding carboxylic acids is 2. The molecule has 0 bridgehead atoms. The monoisotopic (exact) mass is 495 g/mol. The van der Waals surface area contributed by atoms with Crippen molar-refractivity contribution in [3.8, 4) is 17.0 Å². The van der Waals surface area contributed by atoms with Gasteiger partial charge in [-0.15, -0.1) is 0 Å². The molecule has 9 nitrogen and oxygen atoms in total. The van der Waals surface area contributed by atoms with Crippen LogP contribution in [0.15, 0.2) is 48.7 Å². The molecular formula is C25H26ClN5O4. The van der Waals surface area contributed by atoms with Crippen molar-refractivity contribution in [1.82, 2.24) is 20.2 Å². The Labute approximate surface area is 208 Å². The van der Waals surface area contributed by atoms with Crippen LogP contribution in [0.1, 0.15) is 34.5 Å². The summed E-state index contributed by atoms with van der Waals surface area (Å²) in [5.41, 5.74) is 3.38. The summed E-state index contributed by atoms with van der Waals surface area (Å²) in [5, 5.41) is 15.2. The Balaban J connectivity index is 1.45. The van der Waals surface area contributed by atoms with Crippen LogP contribution in [0.25, 0.3) is 11.3 Å². The Morgan fingerprint density at radius 2 is 2.11 bits per heavy atom. The van der Waals surface area contributed by atoms with Crippen molar-refractivity contribution in [2.75, 3.05) is 32.1 Å². The zero-order chi connectivity index (χ0) is 24.9. The summed E-state index contributed by atoms with van der Waals surface area (Å²) >= 11 is 6.31. The summed E-state index contributed by atoms with van der Waals surface area (Å²) in [7, 11) is 1.59. The molecule has 35 heavy (non-hydrogen) atoms. The van der Waals surface area contributed by atoms with Crippen LogP contribution >= 0.6 is 11.6 Å². The number of amides is 2. The van der Waals surface area contributed by atoms with E-state index in [2.05, 4.69) is 20.6 Å². The summed E-state index contributed by atoms with van der Waals surface area (Å²) in [6.07, 6.45) is 1.47. The zero-order valence-corrected chi connectivity index (χ0v) is 20.2. The normalized spacial score (nSPS) is 13.4. The molecule has 1 aliphatic heterocycles. The number of hydrogen-bond donors (Lipinski definition) is 3. The van der Waals surface area contributed by atoms with Crippen LogP contribution in [-0.2, 0) is 11.3 Å². The van der Waals surface area contributed by atoms with Gasteiger partial charge >= 0.3 is 0 Å². The maximum atomic E-state index is 13.1. The van der Waals surface area contributed by atoms with Crippen LogP contribution in [0.5, 0.6) is 5.75 Å². The highest BCUT2D eigenvalue weighted by Gasteiger charge is 2.29. The number of ether oxygens (including phenoxy) is 1. The number of hydrogen-bond acceptors (Lipinski definition) is 7. The summed E-state index contributed by atoms with van der Waals surface area (Å²) < 4.78 is 5.24. The second kappa shape index (κ2) is 10.7. The molecule has 0 unspecified atom stereocenters. The number of aliphatic hydroxyl groups is 1. The highest BCUT2D eigenvalue weighted by atomic mass is 35.5. The number of aromatic nitrogens is 2. The third kappa shape index (κ3) is 5.52. The smallest absolute Gasteiger partial charge is 0.254 e. The fourth-order valence-corrected chi connectivity index (χ4v) is 4.11. The highest BCUT2D eigenvalue weighted by Crippen LogP contribution is 2.31. The Bertz CT molecular complexity index is 1250. The van der Waals surface area contributed by atoms with E-state index in [9.17, 15) is 9.59 Å². The molecule has 2 heterocycles. The molecule has 4 rings (SSSR count). The van der Waals surface area contributed by atoms with E-state index in [1.165, 1.54) is 11.1 Å².